The Morgan fingerprint density at radius 3 is 2.58 bits per heavy atom. The smallest absolute Gasteiger partial charge is 0.127 e. The zero-order chi connectivity index (χ0) is 22.4. The van der Waals surface area contributed by atoms with Crippen molar-refractivity contribution in [2.24, 2.45) is 5.92 Å². The lowest BCUT2D eigenvalue weighted by Crippen LogP contribution is -2.33. The maximum atomic E-state index is 11.2. The molecule has 3 nitrogen and oxygen atoms in total. The number of likely N-dealkylation sites (tertiary alicyclic amines) is 1. The first kappa shape index (κ1) is 23.4. The Morgan fingerprint density at radius 2 is 1.94 bits per heavy atom. The SMILES string of the molecule is C=C/C=C\C(=C/C)CC1CCN(Cc2c(C)cc(O)c(C3C=C(C)CCC3)c2O)CC1. The first-order valence-corrected chi connectivity index (χ1v) is 11.8. The molecule has 0 saturated carbocycles. The molecule has 1 aromatic rings. The van der Waals surface area contributed by atoms with Gasteiger partial charge >= 0.3 is 0 Å². The standard InChI is InChI=1S/C28H39NO2/c1-5-7-10-22(6-2)18-23-12-14-29(15-13-23)19-25-21(4)17-26(30)27(28(25)31)24-11-8-9-20(3)16-24/h5-7,10,16-17,23-24,30-31H,1,8-9,11-15,18-19H2,2-4H3/b10-7-,22-6+. The van der Waals surface area contributed by atoms with Crippen molar-refractivity contribution in [3.63, 3.8) is 0 Å². The Balaban J connectivity index is 1.68. The maximum absolute atomic E-state index is 11.2. The number of phenolic OH excluding ortho intramolecular Hbond substituents is 2. The molecule has 1 aromatic carbocycles. The first-order chi connectivity index (χ1) is 14.9. The van der Waals surface area contributed by atoms with Crippen LogP contribution in [-0.4, -0.2) is 28.2 Å². The van der Waals surface area contributed by atoms with Gasteiger partial charge in [0.2, 0.25) is 0 Å². The molecule has 0 radical (unpaired) electrons. The lowest BCUT2D eigenvalue weighted by atomic mass is 9.83. The summed E-state index contributed by atoms with van der Waals surface area (Å²) in [5.74, 6) is 1.36. The quantitative estimate of drug-likeness (QED) is 0.371. The average molecular weight is 422 g/mol. The van der Waals surface area contributed by atoms with Crippen LogP contribution in [0.1, 0.15) is 75.0 Å². The predicted molar refractivity (Wildman–Crippen MR) is 131 cm³/mol. The van der Waals surface area contributed by atoms with Crippen LogP contribution >= 0.6 is 0 Å². The van der Waals surface area contributed by atoms with Gasteiger partial charge in [0.15, 0.2) is 0 Å². The molecular formula is C28H39NO2. The number of aromatic hydroxyl groups is 2. The van der Waals surface area contributed by atoms with Gasteiger partial charge in [-0.1, -0.05) is 48.1 Å². The van der Waals surface area contributed by atoms with Crippen molar-refractivity contribution < 1.29 is 10.2 Å². The Kier molecular flexibility index (Phi) is 8.20. The number of rotatable bonds is 7. The van der Waals surface area contributed by atoms with Crippen molar-refractivity contribution in [2.45, 2.75) is 71.8 Å². The van der Waals surface area contributed by atoms with Crippen LogP contribution < -0.4 is 0 Å². The van der Waals surface area contributed by atoms with Gasteiger partial charge in [-0.15, -0.1) is 0 Å². The summed E-state index contributed by atoms with van der Waals surface area (Å²) in [5.41, 5.74) is 5.41. The van der Waals surface area contributed by atoms with E-state index < -0.39 is 0 Å². The molecule has 0 aromatic heterocycles. The highest BCUT2D eigenvalue weighted by Crippen LogP contribution is 2.44. The van der Waals surface area contributed by atoms with Crippen molar-refractivity contribution in [1.82, 2.24) is 4.90 Å². The topological polar surface area (TPSA) is 43.7 Å². The second kappa shape index (κ2) is 10.9. The van der Waals surface area contributed by atoms with Crippen LogP contribution in [0.2, 0.25) is 0 Å². The van der Waals surface area contributed by atoms with E-state index in [4.69, 9.17) is 0 Å². The van der Waals surface area contributed by atoms with Gasteiger partial charge < -0.3 is 10.2 Å². The fourth-order valence-electron chi connectivity index (χ4n) is 5.12. The van der Waals surface area contributed by atoms with Gasteiger partial charge in [-0.05, 0) is 89.9 Å². The van der Waals surface area contributed by atoms with Crippen LogP contribution in [0.15, 0.2) is 54.2 Å². The first-order valence-electron chi connectivity index (χ1n) is 11.8. The molecule has 1 fully saturated rings. The van der Waals surface area contributed by atoms with E-state index in [9.17, 15) is 10.2 Å². The molecule has 3 rings (SSSR count). The summed E-state index contributed by atoms with van der Waals surface area (Å²) in [5, 5.41) is 21.8. The number of piperidine rings is 1. The van der Waals surface area contributed by atoms with Crippen LogP contribution in [0.5, 0.6) is 11.5 Å². The van der Waals surface area contributed by atoms with Gasteiger partial charge in [0.05, 0.1) is 0 Å². The van der Waals surface area contributed by atoms with Crippen molar-refractivity contribution in [2.75, 3.05) is 13.1 Å². The molecule has 1 heterocycles. The van der Waals surface area contributed by atoms with Gasteiger partial charge in [-0.25, -0.2) is 0 Å². The largest absolute Gasteiger partial charge is 0.507 e. The lowest BCUT2D eigenvalue weighted by molar-refractivity contribution is 0.175. The highest BCUT2D eigenvalue weighted by molar-refractivity contribution is 5.55. The third kappa shape index (κ3) is 5.92. The molecule has 3 heteroatoms. The Hall–Kier alpha value is -2.26. The second-order valence-corrected chi connectivity index (χ2v) is 9.35. The molecule has 1 aliphatic carbocycles. The summed E-state index contributed by atoms with van der Waals surface area (Å²) in [4.78, 5) is 2.45. The minimum atomic E-state index is 0.113. The minimum Gasteiger partial charge on any atom is -0.507 e. The van der Waals surface area contributed by atoms with E-state index in [1.807, 2.05) is 25.1 Å². The molecule has 0 spiro atoms. The molecule has 168 valence electrons. The zero-order valence-electron chi connectivity index (χ0n) is 19.5. The van der Waals surface area contributed by atoms with Crippen molar-refractivity contribution in [1.29, 1.82) is 0 Å². The monoisotopic (exact) mass is 421 g/mol. The van der Waals surface area contributed by atoms with E-state index in [-0.39, 0.29) is 11.7 Å². The van der Waals surface area contributed by atoms with E-state index in [1.165, 1.54) is 24.0 Å². The van der Waals surface area contributed by atoms with Crippen molar-refractivity contribution in [3.05, 3.63) is 70.9 Å². The fraction of sp³-hybridized carbons (Fsp3) is 0.500. The number of phenols is 2. The molecule has 1 aliphatic heterocycles. The number of hydrogen-bond acceptors (Lipinski definition) is 3. The molecule has 0 amide bonds. The third-order valence-electron chi connectivity index (χ3n) is 7.02. The molecule has 2 aliphatic rings. The normalized spacial score (nSPS) is 21.5. The Labute approximate surface area is 188 Å². The molecular weight excluding hydrogens is 382 g/mol. The van der Waals surface area contributed by atoms with Crippen LogP contribution in [0.25, 0.3) is 0 Å². The summed E-state index contributed by atoms with van der Waals surface area (Å²) < 4.78 is 0. The summed E-state index contributed by atoms with van der Waals surface area (Å²) in [7, 11) is 0. The molecule has 2 N–H and O–H groups in total. The van der Waals surface area contributed by atoms with Gasteiger partial charge in [-0.3, -0.25) is 4.90 Å². The third-order valence-corrected chi connectivity index (χ3v) is 7.02. The van der Waals surface area contributed by atoms with Gasteiger partial charge in [-0.2, -0.15) is 0 Å². The van der Waals surface area contributed by atoms with E-state index in [0.29, 0.717) is 11.7 Å². The minimum absolute atomic E-state index is 0.113. The van der Waals surface area contributed by atoms with Crippen LogP contribution in [0.4, 0.5) is 0 Å². The summed E-state index contributed by atoms with van der Waals surface area (Å²) in [6.07, 6.45) is 17.1. The Bertz CT molecular complexity index is 869. The Morgan fingerprint density at radius 1 is 1.19 bits per heavy atom. The van der Waals surface area contributed by atoms with Gasteiger partial charge in [0.25, 0.3) is 0 Å². The molecule has 1 unspecified atom stereocenters. The van der Waals surface area contributed by atoms with Gasteiger partial charge in [0, 0.05) is 23.6 Å². The number of nitrogens with zero attached hydrogens (tertiary/aromatic N) is 1. The highest BCUT2D eigenvalue weighted by atomic mass is 16.3. The fourth-order valence-corrected chi connectivity index (χ4v) is 5.12. The van der Waals surface area contributed by atoms with Crippen LogP contribution in [0, 0.1) is 12.8 Å². The number of allylic oxidation sites excluding steroid dienone is 7. The number of hydrogen-bond donors (Lipinski definition) is 2. The summed E-state index contributed by atoms with van der Waals surface area (Å²) >= 11 is 0. The number of aryl methyl sites for hydroxylation is 1. The molecule has 0 bridgehead atoms. The maximum Gasteiger partial charge on any atom is 0.127 e. The second-order valence-electron chi connectivity index (χ2n) is 9.35. The van der Waals surface area contributed by atoms with Crippen LogP contribution in [0.3, 0.4) is 0 Å². The van der Waals surface area contributed by atoms with E-state index in [2.05, 4.69) is 43.6 Å². The van der Waals surface area contributed by atoms with Crippen molar-refractivity contribution >= 4 is 0 Å². The zero-order valence-corrected chi connectivity index (χ0v) is 19.5. The average Bonchev–Trinajstić information content (AvgIpc) is 2.75. The predicted octanol–water partition coefficient (Wildman–Crippen LogP) is 6.91. The molecule has 31 heavy (non-hydrogen) atoms. The van der Waals surface area contributed by atoms with Gasteiger partial charge in [0.1, 0.15) is 11.5 Å². The highest BCUT2D eigenvalue weighted by Gasteiger charge is 2.26. The summed E-state index contributed by atoms with van der Waals surface area (Å²) in [6, 6.07) is 1.85. The van der Waals surface area contributed by atoms with Crippen molar-refractivity contribution in [3.8, 4) is 11.5 Å². The number of benzene rings is 1. The van der Waals surface area contributed by atoms with Crippen LogP contribution in [-0.2, 0) is 6.54 Å². The lowest BCUT2D eigenvalue weighted by Gasteiger charge is -2.33. The summed E-state index contributed by atoms with van der Waals surface area (Å²) in [6.45, 7) is 12.9. The van der Waals surface area contributed by atoms with E-state index in [0.717, 1.165) is 62.0 Å². The van der Waals surface area contributed by atoms with E-state index in [1.54, 1.807) is 0 Å². The molecule has 1 saturated heterocycles. The van der Waals surface area contributed by atoms with E-state index >= 15 is 0 Å². The molecule has 1 atom stereocenters.